The lowest BCUT2D eigenvalue weighted by molar-refractivity contribution is 0.275. The van der Waals surface area contributed by atoms with Gasteiger partial charge in [-0.3, -0.25) is 0 Å². The van der Waals surface area contributed by atoms with Crippen molar-refractivity contribution in [2.45, 2.75) is 64.0 Å². The molecule has 3 rings (SSSR count). The molecule has 0 saturated carbocycles. The predicted molar refractivity (Wildman–Crippen MR) is 86.6 cm³/mol. The van der Waals surface area contributed by atoms with Crippen LogP contribution in [0.3, 0.4) is 0 Å². The summed E-state index contributed by atoms with van der Waals surface area (Å²) in [6.45, 7) is 4.25. The summed E-state index contributed by atoms with van der Waals surface area (Å²) in [6.07, 6.45) is 6.02. The second-order valence-electron chi connectivity index (χ2n) is 6.63. The molecular weight excluding hydrogens is 304 g/mol. The summed E-state index contributed by atoms with van der Waals surface area (Å²) < 4.78 is 23.6. The van der Waals surface area contributed by atoms with E-state index in [0.717, 1.165) is 17.8 Å². The van der Waals surface area contributed by atoms with E-state index in [1.165, 1.54) is 23.4 Å². The minimum atomic E-state index is -2.86. The van der Waals surface area contributed by atoms with E-state index in [9.17, 15) is 8.42 Å². The second kappa shape index (κ2) is 5.63. The highest BCUT2D eigenvalue weighted by Crippen LogP contribution is 2.39. The molecule has 1 aliphatic carbocycles. The van der Waals surface area contributed by atoms with Crippen molar-refractivity contribution in [1.82, 2.24) is 10.3 Å². The van der Waals surface area contributed by atoms with Gasteiger partial charge in [0.05, 0.1) is 22.7 Å². The average Bonchev–Trinajstić information content (AvgIpc) is 2.85. The van der Waals surface area contributed by atoms with Gasteiger partial charge in [-0.05, 0) is 52.4 Å². The van der Waals surface area contributed by atoms with Crippen LogP contribution in [-0.2, 0) is 28.2 Å². The fraction of sp³-hybridized carbons (Fsp3) is 0.800. The number of hydrogen-bond donors (Lipinski definition) is 1. The van der Waals surface area contributed by atoms with E-state index in [1.807, 2.05) is 11.3 Å². The molecule has 2 aliphatic rings. The molecule has 0 amide bonds. The van der Waals surface area contributed by atoms with Gasteiger partial charge in [0.15, 0.2) is 0 Å². The number of sulfone groups is 1. The van der Waals surface area contributed by atoms with Crippen molar-refractivity contribution in [1.29, 1.82) is 0 Å². The molecule has 1 aromatic heterocycles. The largest absolute Gasteiger partial charge is 0.303 e. The zero-order chi connectivity index (χ0) is 15.1. The fourth-order valence-electron chi connectivity index (χ4n) is 3.42. The first-order valence-corrected chi connectivity index (χ1v) is 10.5. The number of nitrogens with one attached hydrogen (secondary N) is 1. The average molecular weight is 329 g/mol. The van der Waals surface area contributed by atoms with Crippen LogP contribution in [0.25, 0.3) is 0 Å². The maximum absolute atomic E-state index is 11.8. The molecule has 1 aliphatic heterocycles. The summed E-state index contributed by atoms with van der Waals surface area (Å²) in [5, 5.41) is 4.77. The third kappa shape index (κ3) is 3.17. The summed E-state index contributed by atoms with van der Waals surface area (Å²) >= 11 is 1.81. The molecule has 0 unspecified atom stereocenters. The number of rotatable bonds is 3. The Balaban J connectivity index is 1.94. The Labute approximate surface area is 131 Å². The first kappa shape index (κ1) is 15.4. The molecule has 21 heavy (non-hydrogen) atoms. The van der Waals surface area contributed by atoms with Crippen LogP contribution in [-0.4, -0.2) is 30.9 Å². The molecule has 1 fully saturated rings. The molecular formula is C15H24N2O2S2. The zero-order valence-corrected chi connectivity index (χ0v) is 14.4. The van der Waals surface area contributed by atoms with Crippen molar-refractivity contribution in [3.63, 3.8) is 0 Å². The summed E-state index contributed by atoms with van der Waals surface area (Å²) in [6, 6.07) is 0.326. The Kier molecular flexibility index (Phi) is 4.14. The Morgan fingerprint density at radius 1 is 1.19 bits per heavy atom. The summed E-state index contributed by atoms with van der Waals surface area (Å²) in [7, 11) is -2.86. The maximum Gasteiger partial charge on any atom is 0.150 e. The number of aryl methyl sites for hydroxylation is 2. The predicted octanol–water partition coefficient (Wildman–Crippen LogP) is 2.42. The third-order valence-corrected chi connectivity index (χ3v) is 7.51. The van der Waals surface area contributed by atoms with E-state index in [-0.39, 0.29) is 17.0 Å². The van der Waals surface area contributed by atoms with Gasteiger partial charge < -0.3 is 5.32 Å². The van der Waals surface area contributed by atoms with Crippen LogP contribution < -0.4 is 5.32 Å². The highest BCUT2D eigenvalue weighted by Gasteiger charge is 2.41. The van der Waals surface area contributed by atoms with Crippen molar-refractivity contribution in [3.8, 4) is 0 Å². The number of hydrogen-bond acceptors (Lipinski definition) is 5. The summed E-state index contributed by atoms with van der Waals surface area (Å²) in [5.41, 5.74) is 1.03. The molecule has 0 atom stereocenters. The van der Waals surface area contributed by atoms with Crippen molar-refractivity contribution < 1.29 is 8.42 Å². The minimum Gasteiger partial charge on any atom is -0.303 e. The molecule has 0 bridgehead atoms. The molecule has 1 saturated heterocycles. The fourth-order valence-corrected chi connectivity index (χ4v) is 6.30. The van der Waals surface area contributed by atoms with Gasteiger partial charge in [0.2, 0.25) is 0 Å². The van der Waals surface area contributed by atoms with Gasteiger partial charge in [0, 0.05) is 10.9 Å². The van der Waals surface area contributed by atoms with Gasteiger partial charge in [-0.15, -0.1) is 11.3 Å². The van der Waals surface area contributed by atoms with Crippen LogP contribution in [0.1, 0.15) is 55.1 Å². The van der Waals surface area contributed by atoms with Gasteiger partial charge in [0.25, 0.3) is 0 Å². The van der Waals surface area contributed by atoms with Crippen LogP contribution >= 0.6 is 11.3 Å². The smallest absolute Gasteiger partial charge is 0.150 e. The lowest BCUT2D eigenvalue weighted by Gasteiger charge is -2.38. The van der Waals surface area contributed by atoms with Gasteiger partial charge >= 0.3 is 0 Å². The van der Waals surface area contributed by atoms with Gasteiger partial charge in [-0.25, -0.2) is 13.4 Å². The van der Waals surface area contributed by atoms with E-state index < -0.39 is 9.84 Å². The van der Waals surface area contributed by atoms with E-state index >= 15 is 0 Å². The molecule has 1 aromatic rings. The Bertz CT molecular complexity index is 582. The standard InChI is InChI=1S/C15H24N2O2S2/c1-11(2)17-15(7-9-21(18,19)10-8-15)14-16-12-5-3-4-6-13(12)20-14/h11,17H,3-10H2,1-2H3. The molecule has 0 aromatic carbocycles. The second-order valence-corrected chi connectivity index (χ2v) is 10.0. The van der Waals surface area contributed by atoms with Crippen LogP contribution in [0.5, 0.6) is 0 Å². The molecule has 2 heterocycles. The molecule has 118 valence electrons. The quantitative estimate of drug-likeness (QED) is 0.926. The van der Waals surface area contributed by atoms with E-state index in [1.54, 1.807) is 0 Å². The summed E-state index contributed by atoms with van der Waals surface area (Å²) in [5.74, 6) is 0.550. The van der Waals surface area contributed by atoms with E-state index in [4.69, 9.17) is 4.98 Å². The van der Waals surface area contributed by atoms with Crippen molar-refractivity contribution in [2.24, 2.45) is 0 Å². The van der Waals surface area contributed by atoms with E-state index in [0.29, 0.717) is 18.9 Å². The van der Waals surface area contributed by atoms with Crippen LogP contribution in [0, 0.1) is 0 Å². The summed E-state index contributed by atoms with van der Waals surface area (Å²) in [4.78, 5) is 6.33. The first-order valence-electron chi connectivity index (χ1n) is 7.87. The van der Waals surface area contributed by atoms with Crippen LogP contribution in [0.2, 0.25) is 0 Å². The number of fused-ring (bicyclic) bond motifs is 1. The molecule has 0 spiro atoms. The third-order valence-electron chi connectivity index (χ3n) is 4.50. The highest BCUT2D eigenvalue weighted by atomic mass is 32.2. The van der Waals surface area contributed by atoms with Crippen molar-refractivity contribution in [2.75, 3.05) is 11.5 Å². The monoisotopic (exact) mass is 328 g/mol. The maximum atomic E-state index is 11.8. The molecule has 0 radical (unpaired) electrons. The molecule has 6 heteroatoms. The van der Waals surface area contributed by atoms with Gasteiger partial charge in [0.1, 0.15) is 14.8 Å². The normalized spacial score (nSPS) is 24.0. The lowest BCUT2D eigenvalue weighted by atomic mass is 9.92. The topological polar surface area (TPSA) is 59.1 Å². The Morgan fingerprint density at radius 3 is 2.48 bits per heavy atom. The Morgan fingerprint density at radius 2 is 1.86 bits per heavy atom. The van der Waals surface area contributed by atoms with Crippen LogP contribution in [0.4, 0.5) is 0 Å². The van der Waals surface area contributed by atoms with Crippen molar-refractivity contribution >= 4 is 21.2 Å². The van der Waals surface area contributed by atoms with Gasteiger partial charge in [-0.2, -0.15) is 0 Å². The first-order chi connectivity index (χ1) is 9.90. The molecule has 4 nitrogen and oxygen atoms in total. The van der Waals surface area contributed by atoms with Gasteiger partial charge in [-0.1, -0.05) is 0 Å². The van der Waals surface area contributed by atoms with Crippen molar-refractivity contribution in [3.05, 3.63) is 15.6 Å². The SMILES string of the molecule is CC(C)NC1(c2nc3c(s2)CCCC3)CCS(=O)(=O)CC1. The highest BCUT2D eigenvalue weighted by molar-refractivity contribution is 7.91. The lowest BCUT2D eigenvalue weighted by Crippen LogP contribution is -2.50. The number of thiazole rings is 1. The Hall–Kier alpha value is -0.460. The number of aromatic nitrogens is 1. The van der Waals surface area contributed by atoms with E-state index in [2.05, 4.69) is 19.2 Å². The minimum absolute atomic E-state index is 0.235. The number of nitrogens with zero attached hydrogens (tertiary/aromatic N) is 1. The zero-order valence-electron chi connectivity index (χ0n) is 12.8. The van der Waals surface area contributed by atoms with Crippen LogP contribution in [0.15, 0.2) is 0 Å². The molecule has 1 N–H and O–H groups in total.